The predicted molar refractivity (Wildman–Crippen MR) is 70.9 cm³/mol. The van der Waals surface area contributed by atoms with Crippen LogP contribution in [0.3, 0.4) is 0 Å². The summed E-state index contributed by atoms with van der Waals surface area (Å²) < 4.78 is 15.2. The first kappa shape index (κ1) is 13.6. The Balaban J connectivity index is 2.38. The van der Waals surface area contributed by atoms with Crippen molar-refractivity contribution in [1.29, 1.82) is 0 Å². The molecular formula is C13H13N3O4. The topological polar surface area (TPSA) is 96.6 Å². The summed E-state index contributed by atoms with van der Waals surface area (Å²) in [5.74, 6) is -0.371. The average molecular weight is 275 g/mol. The minimum atomic E-state index is -0.690. The number of anilines is 1. The lowest BCUT2D eigenvalue weighted by molar-refractivity contribution is 0.0725. The molecule has 0 amide bonds. The van der Waals surface area contributed by atoms with Gasteiger partial charge in [-0.1, -0.05) is 18.2 Å². The van der Waals surface area contributed by atoms with Crippen LogP contribution in [0.1, 0.15) is 10.4 Å². The molecule has 0 unspecified atom stereocenters. The maximum Gasteiger partial charge on any atom is 0.354 e. The number of rotatable bonds is 4. The van der Waals surface area contributed by atoms with Gasteiger partial charge in [0.05, 0.1) is 14.2 Å². The number of carbonyl (C=O) groups is 1. The molecule has 0 saturated carbocycles. The first-order chi connectivity index (χ1) is 9.65. The molecule has 0 aliphatic carbocycles. The van der Waals surface area contributed by atoms with Crippen molar-refractivity contribution in [3.8, 4) is 17.5 Å². The summed E-state index contributed by atoms with van der Waals surface area (Å²) in [4.78, 5) is 19.8. The Morgan fingerprint density at radius 2 is 1.60 bits per heavy atom. The number of methoxy groups -OCH3 is 2. The number of carbonyl (C=O) groups excluding carboxylic acids is 1. The molecule has 1 aromatic carbocycles. The van der Waals surface area contributed by atoms with Gasteiger partial charge in [-0.25, -0.2) is 4.79 Å². The molecule has 2 aromatic rings. The van der Waals surface area contributed by atoms with Crippen LogP contribution in [0.2, 0.25) is 0 Å². The van der Waals surface area contributed by atoms with Gasteiger partial charge in [0.25, 0.3) is 0 Å². The number of aromatic nitrogens is 2. The molecule has 0 radical (unpaired) electrons. The van der Waals surface area contributed by atoms with Crippen molar-refractivity contribution in [3.05, 3.63) is 35.9 Å². The number of nitrogens with two attached hydrogens (primary N) is 1. The first-order valence-corrected chi connectivity index (χ1v) is 5.68. The highest BCUT2D eigenvalue weighted by atomic mass is 16.5. The van der Waals surface area contributed by atoms with Crippen molar-refractivity contribution in [1.82, 2.24) is 9.97 Å². The molecule has 0 aliphatic heterocycles. The molecule has 7 heteroatoms. The lowest BCUT2D eigenvalue weighted by atomic mass is 10.3. The number of nitrogens with zero attached hydrogens (tertiary/aromatic N) is 2. The summed E-state index contributed by atoms with van der Waals surface area (Å²) in [6.45, 7) is 0. The van der Waals surface area contributed by atoms with Crippen LogP contribution < -0.4 is 19.9 Å². The molecule has 0 spiro atoms. The van der Waals surface area contributed by atoms with Gasteiger partial charge in [-0.2, -0.15) is 9.97 Å². The van der Waals surface area contributed by atoms with Gasteiger partial charge < -0.3 is 19.9 Å². The molecule has 0 fully saturated rings. The summed E-state index contributed by atoms with van der Waals surface area (Å²) >= 11 is 0. The summed E-state index contributed by atoms with van der Waals surface area (Å²) in [5, 5.41) is 0. The number of ether oxygens (including phenoxy) is 3. The molecule has 0 atom stereocenters. The Hall–Kier alpha value is -2.83. The molecular weight excluding hydrogens is 262 g/mol. The maximum absolute atomic E-state index is 12.2. The Labute approximate surface area is 115 Å². The van der Waals surface area contributed by atoms with Gasteiger partial charge in [0.15, 0.2) is 5.56 Å². The third kappa shape index (κ3) is 2.77. The van der Waals surface area contributed by atoms with Gasteiger partial charge in [0, 0.05) is 0 Å². The van der Waals surface area contributed by atoms with E-state index in [4.69, 9.17) is 19.9 Å². The van der Waals surface area contributed by atoms with E-state index < -0.39 is 5.97 Å². The molecule has 0 bridgehead atoms. The van der Waals surface area contributed by atoms with E-state index >= 15 is 0 Å². The summed E-state index contributed by atoms with van der Waals surface area (Å²) in [6.07, 6.45) is 0. The second kappa shape index (κ2) is 5.87. The van der Waals surface area contributed by atoms with Crippen molar-refractivity contribution in [2.24, 2.45) is 0 Å². The van der Waals surface area contributed by atoms with Gasteiger partial charge in [0.1, 0.15) is 5.75 Å². The zero-order valence-electron chi connectivity index (χ0n) is 11.0. The van der Waals surface area contributed by atoms with Crippen LogP contribution in [0.15, 0.2) is 30.3 Å². The number of hydrogen-bond donors (Lipinski definition) is 1. The smallest absolute Gasteiger partial charge is 0.354 e. The van der Waals surface area contributed by atoms with Crippen LogP contribution in [0.4, 0.5) is 5.95 Å². The fourth-order valence-electron chi connectivity index (χ4n) is 1.55. The number of nitrogen functional groups attached to an aromatic ring is 1. The second-order valence-corrected chi connectivity index (χ2v) is 3.68. The van der Waals surface area contributed by atoms with E-state index in [0.717, 1.165) is 0 Å². The second-order valence-electron chi connectivity index (χ2n) is 3.68. The van der Waals surface area contributed by atoms with Crippen LogP contribution in [0, 0.1) is 0 Å². The Morgan fingerprint density at radius 3 is 2.10 bits per heavy atom. The maximum atomic E-state index is 12.2. The quantitative estimate of drug-likeness (QED) is 0.663. The first-order valence-electron chi connectivity index (χ1n) is 5.68. The van der Waals surface area contributed by atoms with Crippen LogP contribution in [0.5, 0.6) is 17.5 Å². The SMILES string of the molecule is COc1nc(N)nc(OC)c1C(=O)Oc1ccccc1. The third-order valence-corrected chi connectivity index (χ3v) is 2.40. The highest BCUT2D eigenvalue weighted by Crippen LogP contribution is 2.27. The zero-order valence-corrected chi connectivity index (χ0v) is 11.0. The number of esters is 1. The minimum Gasteiger partial charge on any atom is -0.480 e. The number of benzene rings is 1. The van der Waals surface area contributed by atoms with Crippen LogP contribution in [-0.4, -0.2) is 30.2 Å². The van der Waals surface area contributed by atoms with E-state index in [1.54, 1.807) is 24.3 Å². The zero-order chi connectivity index (χ0) is 14.5. The number of para-hydroxylation sites is 1. The molecule has 2 rings (SSSR count). The highest BCUT2D eigenvalue weighted by molar-refractivity contribution is 5.95. The van der Waals surface area contributed by atoms with Crippen molar-refractivity contribution in [3.63, 3.8) is 0 Å². The number of hydrogen-bond acceptors (Lipinski definition) is 7. The summed E-state index contributed by atoms with van der Waals surface area (Å²) in [6, 6.07) is 8.60. The Bertz CT molecular complexity index is 591. The van der Waals surface area contributed by atoms with Gasteiger partial charge >= 0.3 is 5.97 Å². The van der Waals surface area contributed by atoms with Crippen LogP contribution in [0.25, 0.3) is 0 Å². The molecule has 1 heterocycles. The highest BCUT2D eigenvalue weighted by Gasteiger charge is 2.24. The largest absolute Gasteiger partial charge is 0.480 e. The van der Waals surface area contributed by atoms with E-state index in [-0.39, 0.29) is 23.3 Å². The Morgan fingerprint density at radius 1 is 1.05 bits per heavy atom. The van der Waals surface area contributed by atoms with E-state index in [9.17, 15) is 4.79 Å². The van der Waals surface area contributed by atoms with Crippen LogP contribution in [-0.2, 0) is 0 Å². The van der Waals surface area contributed by atoms with E-state index in [1.807, 2.05) is 6.07 Å². The van der Waals surface area contributed by atoms with Gasteiger partial charge in [0.2, 0.25) is 17.7 Å². The van der Waals surface area contributed by atoms with Crippen molar-refractivity contribution >= 4 is 11.9 Å². The molecule has 0 saturated heterocycles. The summed E-state index contributed by atoms with van der Waals surface area (Å²) in [7, 11) is 2.72. The van der Waals surface area contributed by atoms with Crippen molar-refractivity contribution < 1.29 is 19.0 Å². The molecule has 7 nitrogen and oxygen atoms in total. The van der Waals surface area contributed by atoms with E-state index in [2.05, 4.69) is 9.97 Å². The minimum absolute atomic E-state index is 0.00437. The molecule has 104 valence electrons. The molecule has 20 heavy (non-hydrogen) atoms. The van der Waals surface area contributed by atoms with Crippen molar-refractivity contribution in [2.45, 2.75) is 0 Å². The molecule has 0 aliphatic rings. The lowest BCUT2D eigenvalue weighted by Gasteiger charge is -2.11. The molecule has 2 N–H and O–H groups in total. The van der Waals surface area contributed by atoms with E-state index in [0.29, 0.717) is 5.75 Å². The van der Waals surface area contributed by atoms with Crippen LogP contribution >= 0.6 is 0 Å². The van der Waals surface area contributed by atoms with Gasteiger partial charge in [-0.15, -0.1) is 0 Å². The van der Waals surface area contributed by atoms with Gasteiger partial charge in [-0.3, -0.25) is 0 Å². The monoisotopic (exact) mass is 275 g/mol. The lowest BCUT2D eigenvalue weighted by Crippen LogP contribution is -2.15. The van der Waals surface area contributed by atoms with Gasteiger partial charge in [-0.05, 0) is 12.1 Å². The Kier molecular flexibility index (Phi) is 3.99. The standard InChI is InChI=1S/C13H13N3O4/c1-18-10-9(11(19-2)16-13(14)15-10)12(17)20-8-6-4-3-5-7-8/h3-7H,1-2H3,(H2,14,15,16). The summed E-state index contributed by atoms with van der Waals surface area (Å²) in [5.41, 5.74) is 5.48. The normalized spacial score (nSPS) is 9.90. The molecule has 1 aromatic heterocycles. The predicted octanol–water partition coefficient (Wildman–Crippen LogP) is 1.30. The third-order valence-electron chi connectivity index (χ3n) is 2.40. The average Bonchev–Trinajstić information content (AvgIpc) is 2.46. The fourth-order valence-corrected chi connectivity index (χ4v) is 1.55. The van der Waals surface area contributed by atoms with E-state index in [1.165, 1.54) is 14.2 Å². The fraction of sp³-hybridized carbons (Fsp3) is 0.154. The van der Waals surface area contributed by atoms with Crippen molar-refractivity contribution in [2.75, 3.05) is 20.0 Å².